The Morgan fingerprint density at radius 2 is 1.61 bits per heavy atom. The zero-order valence-electron chi connectivity index (χ0n) is 14.8. The Balaban J connectivity index is 1.75. The lowest BCUT2D eigenvalue weighted by Crippen LogP contribution is -1.86. The summed E-state index contributed by atoms with van der Waals surface area (Å²) in [4.78, 5) is 4.67. The van der Waals surface area contributed by atoms with Crippen LogP contribution in [0.3, 0.4) is 0 Å². The number of fused-ring (bicyclic) bond motifs is 6. The molecular weight excluding hydrogens is 366 g/mol. The Morgan fingerprint density at radius 3 is 2.57 bits per heavy atom. The van der Waals surface area contributed by atoms with E-state index >= 15 is 0 Å². The molecule has 2 aromatic heterocycles. The first-order valence-electron chi connectivity index (χ1n) is 9.17. The van der Waals surface area contributed by atoms with Crippen molar-refractivity contribution in [3.8, 4) is 11.1 Å². The van der Waals surface area contributed by atoms with E-state index in [0.717, 1.165) is 54.7 Å². The molecule has 4 aromatic carbocycles. The van der Waals surface area contributed by atoms with Gasteiger partial charge < -0.3 is 4.42 Å². The van der Waals surface area contributed by atoms with Gasteiger partial charge in [-0.2, -0.15) is 0 Å². The number of aromatic nitrogens is 1. The molecule has 0 saturated carbocycles. The SMILES string of the molecule is Clc1cc(-c2cccc3ccc4cccnc4c23)cc2c1oc1ccccc12. The lowest BCUT2D eigenvalue weighted by Gasteiger charge is -2.10. The van der Waals surface area contributed by atoms with Crippen LogP contribution in [0, 0.1) is 0 Å². The third-order valence-electron chi connectivity index (χ3n) is 5.36. The zero-order chi connectivity index (χ0) is 18.7. The molecule has 0 saturated heterocycles. The van der Waals surface area contributed by atoms with Crippen molar-refractivity contribution < 1.29 is 4.42 Å². The van der Waals surface area contributed by atoms with Crippen LogP contribution >= 0.6 is 11.6 Å². The minimum atomic E-state index is 0.619. The monoisotopic (exact) mass is 379 g/mol. The van der Waals surface area contributed by atoms with E-state index < -0.39 is 0 Å². The van der Waals surface area contributed by atoms with Crippen LogP contribution in [0.1, 0.15) is 0 Å². The van der Waals surface area contributed by atoms with Gasteiger partial charge in [0, 0.05) is 27.7 Å². The smallest absolute Gasteiger partial charge is 0.154 e. The minimum absolute atomic E-state index is 0.619. The molecule has 2 nitrogen and oxygen atoms in total. The number of benzene rings is 4. The molecule has 0 radical (unpaired) electrons. The van der Waals surface area contributed by atoms with Gasteiger partial charge in [-0.3, -0.25) is 4.98 Å². The molecule has 0 aliphatic rings. The molecule has 28 heavy (non-hydrogen) atoms. The largest absolute Gasteiger partial charge is 0.454 e. The summed E-state index contributed by atoms with van der Waals surface area (Å²) in [5.74, 6) is 0. The number of rotatable bonds is 1. The predicted octanol–water partition coefficient (Wildman–Crippen LogP) is 7.61. The lowest BCUT2D eigenvalue weighted by atomic mass is 9.95. The first-order chi connectivity index (χ1) is 13.8. The highest BCUT2D eigenvalue weighted by molar-refractivity contribution is 6.36. The van der Waals surface area contributed by atoms with Gasteiger partial charge in [0.15, 0.2) is 5.58 Å². The van der Waals surface area contributed by atoms with E-state index in [-0.39, 0.29) is 0 Å². The molecule has 0 N–H and O–H groups in total. The number of pyridine rings is 1. The second-order valence-corrected chi connectivity index (χ2v) is 7.38. The summed E-state index contributed by atoms with van der Waals surface area (Å²) in [5, 5.41) is 6.16. The molecule has 0 unspecified atom stereocenters. The van der Waals surface area contributed by atoms with E-state index in [9.17, 15) is 0 Å². The fourth-order valence-electron chi connectivity index (χ4n) is 4.10. The van der Waals surface area contributed by atoms with Crippen LogP contribution in [-0.2, 0) is 0 Å². The average Bonchev–Trinajstić information content (AvgIpc) is 3.12. The highest BCUT2D eigenvalue weighted by atomic mass is 35.5. The summed E-state index contributed by atoms with van der Waals surface area (Å²) in [6.45, 7) is 0. The number of furan rings is 1. The summed E-state index contributed by atoms with van der Waals surface area (Å²) in [6.07, 6.45) is 1.85. The van der Waals surface area contributed by atoms with Gasteiger partial charge in [0.25, 0.3) is 0 Å². The maximum Gasteiger partial charge on any atom is 0.154 e. The van der Waals surface area contributed by atoms with Crippen molar-refractivity contribution in [1.29, 1.82) is 0 Å². The van der Waals surface area contributed by atoms with Crippen molar-refractivity contribution in [2.45, 2.75) is 0 Å². The quantitative estimate of drug-likeness (QED) is 0.275. The molecule has 0 fully saturated rings. The molecule has 6 aromatic rings. The van der Waals surface area contributed by atoms with E-state index in [0.29, 0.717) is 5.02 Å². The van der Waals surface area contributed by atoms with Gasteiger partial charge in [0.1, 0.15) is 5.58 Å². The summed E-state index contributed by atoms with van der Waals surface area (Å²) >= 11 is 6.64. The third kappa shape index (κ3) is 2.19. The van der Waals surface area contributed by atoms with E-state index in [1.807, 2.05) is 36.5 Å². The Kier molecular flexibility index (Phi) is 3.26. The fourth-order valence-corrected chi connectivity index (χ4v) is 4.35. The molecule has 0 atom stereocenters. The summed E-state index contributed by atoms with van der Waals surface area (Å²) in [5.41, 5.74) is 4.77. The van der Waals surface area contributed by atoms with Crippen molar-refractivity contribution in [2.75, 3.05) is 0 Å². The summed E-state index contributed by atoms with van der Waals surface area (Å²) in [7, 11) is 0. The van der Waals surface area contributed by atoms with Crippen LogP contribution in [0.25, 0.3) is 54.7 Å². The van der Waals surface area contributed by atoms with Crippen LogP contribution < -0.4 is 0 Å². The Morgan fingerprint density at radius 1 is 0.750 bits per heavy atom. The lowest BCUT2D eigenvalue weighted by molar-refractivity contribution is 0.669. The Bertz CT molecular complexity index is 1530. The van der Waals surface area contributed by atoms with Crippen LogP contribution in [0.4, 0.5) is 0 Å². The van der Waals surface area contributed by atoms with Crippen molar-refractivity contribution in [3.63, 3.8) is 0 Å². The van der Waals surface area contributed by atoms with Crippen LogP contribution in [-0.4, -0.2) is 4.98 Å². The zero-order valence-corrected chi connectivity index (χ0v) is 15.6. The van der Waals surface area contributed by atoms with Crippen molar-refractivity contribution >= 4 is 55.2 Å². The molecule has 3 heteroatoms. The molecule has 132 valence electrons. The molecule has 0 amide bonds. The normalized spacial score (nSPS) is 11.8. The molecule has 0 aliphatic heterocycles. The number of hydrogen-bond acceptors (Lipinski definition) is 2. The second kappa shape index (κ2) is 5.82. The van der Waals surface area contributed by atoms with Gasteiger partial charge in [-0.1, -0.05) is 66.2 Å². The number of nitrogens with zero attached hydrogens (tertiary/aromatic N) is 1. The number of halogens is 1. The molecule has 0 spiro atoms. The first kappa shape index (κ1) is 15.7. The van der Waals surface area contributed by atoms with Gasteiger partial charge in [-0.25, -0.2) is 0 Å². The Hall–Kier alpha value is -3.36. The molecule has 2 heterocycles. The van der Waals surface area contributed by atoms with Crippen LogP contribution in [0.15, 0.2) is 89.5 Å². The maximum absolute atomic E-state index is 6.64. The van der Waals surface area contributed by atoms with Gasteiger partial charge in [0.2, 0.25) is 0 Å². The average molecular weight is 380 g/mol. The number of para-hydroxylation sites is 1. The minimum Gasteiger partial charge on any atom is -0.454 e. The van der Waals surface area contributed by atoms with E-state index in [4.69, 9.17) is 16.0 Å². The van der Waals surface area contributed by atoms with Gasteiger partial charge in [0.05, 0.1) is 10.5 Å². The van der Waals surface area contributed by atoms with Crippen molar-refractivity contribution in [3.05, 3.63) is 90.1 Å². The van der Waals surface area contributed by atoms with Gasteiger partial charge in [-0.05, 0) is 40.8 Å². The van der Waals surface area contributed by atoms with Crippen molar-refractivity contribution in [2.24, 2.45) is 0 Å². The standard InChI is InChI=1S/C25H14ClNO/c26-21-14-17(13-20-19-7-1-2-9-22(19)28-25(20)21)18-8-3-5-15-10-11-16-6-4-12-27-24(16)23(15)18/h1-14H. The van der Waals surface area contributed by atoms with E-state index in [1.54, 1.807) is 0 Å². The summed E-state index contributed by atoms with van der Waals surface area (Å²) in [6, 6.07) is 26.9. The fraction of sp³-hybridized carbons (Fsp3) is 0. The highest BCUT2D eigenvalue weighted by Crippen LogP contribution is 2.40. The third-order valence-corrected chi connectivity index (χ3v) is 5.64. The maximum atomic E-state index is 6.64. The van der Waals surface area contributed by atoms with Crippen LogP contribution in [0.5, 0.6) is 0 Å². The summed E-state index contributed by atoms with van der Waals surface area (Å²) < 4.78 is 5.99. The Labute approximate surface area is 166 Å². The van der Waals surface area contributed by atoms with Crippen LogP contribution in [0.2, 0.25) is 5.02 Å². The highest BCUT2D eigenvalue weighted by Gasteiger charge is 2.14. The topological polar surface area (TPSA) is 26.0 Å². The van der Waals surface area contributed by atoms with Gasteiger partial charge in [-0.15, -0.1) is 0 Å². The number of hydrogen-bond donors (Lipinski definition) is 0. The second-order valence-electron chi connectivity index (χ2n) is 6.98. The predicted molar refractivity (Wildman–Crippen MR) is 117 cm³/mol. The van der Waals surface area contributed by atoms with Crippen molar-refractivity contribution in [1.82, 2.24) is 4.98 Å². The molecule has 0 aliphatic carbocycles. The molecular formula is C25H14ClNO. The van der Waals surface area contributed by atoms with Gasteiger partial charge >= 0.3 is 0 Å². The first-order valence-corrected chi connectivity index (χ1v) is 9.55. The van der Waals surface area contributed by atoms with E-state index in [1.165, 1.54) is 0 Å². The molecule has 6 rings (SSSR count). The van der Waals surface area contributed by atoms with E-state index in [2.05, 4.69) is 53.5 Å². The molecule has 0 bridgehead atoms.